The van der Waals surface area contributed by atoms with Gasteiger partial charge >= 0.3 is 0 Å². The first-order chi connectivity index (χ1) is 15.1. The number of imide groups is 1. The minimum Gasteiger partial charge on any atom is -0.463 e. The zero-order valence-corrected chi connectivity index (χ0v) is 16.4. The Hall–Kier alpha value is -4.26. The number of hydrogen-bond acceptors (Lipinski definition) is 5. The summed E-state index contributed by atoms with van der Waals surface area (Å²) in [6.45, 7) is 0. The number of nitrogens with zero attached hydrogens (tertiary/aromatic N) is 2. The van der Waals surface area contributed by atoms with Crippen molar-refractivity contribution in [2.75, 3.05) is 10.2 Å². The summed E-state index contributed by atoms with van der Waals surface area (Å²) in [5.41, 5.74) is 2.35. The molecule has 152 valence electrons. The summed E-state index contributed by atoms with van der Waals surface area (Å²) in [6.07, 6.45) is 1.89. The van der Waals surface area contributed by atoms with Crippen molar-refractivity contribution < 1.29 is 18.8 Å². The largest absolute Gasteiger partial charge is 0.463 e. The van der Waals surface area contributed by atoms with Crippen LogP contribution in [0.25, 0.3) is 22.4 Å². The minimum absolute atomic E-state index is 0.169. The first-order valence-electron chi connectivity index (χ1n) is 9.81. The van der Waals surface area contributed by atoms with Crippen LogP contribution in [0.15, 0.2) is 77.4 Å². The number of carbonyl (C=O) groups excluding carboxylic acids is 3. The molecule has 0 radical (unpaired) electrons. The lowest BCUT2D eigenvalue weighted by Gasteiger charge is -2.19. The number of para-hydroxylation sites is 3. The zero-order chi connectivity index (χ0) is 21.4. The molecular formula is C24H17N3O4. The molecule has 7 heteroatoms. The third-order valence-electron chi connectivity index (χ3n) is 5.18. The molecule has 4 aromatic rings. The molecule has 2 aromatic heterocycles. The number of pyridine rings is 1. The molecule has 2 aromatic carbocycles. The van der Waals surface area contributed by atoms with Gasteiger partial charge in [0.05, 0.1) is 28.7 Å². The van der Waals surface area contributed by atoms with E-state index >= 15 is 0 Å². The zero-order valence-electron chi connectivity index (χ0n) is 16.4. The molecule has 1 saturated heterocycles. The Kier molecular flexibility index (Phi) is 4.55. The standard InChI is InChI=1S/C24H17N3O4/c28-22-11-12-23(29)27(22)20-9-4-3-8-18(20)26-24(30)16-14-19(21-10-5-13-31-21)25-17-7-2-1-6-15(16)17/h1-10,13-14H,11-12H2,(H,26,30). The monoisotopic (exact) mass is 411 g/mol. The fourth-order valence-electron chi connectivity index (χ4n) is 3.72. The van der Waals surface area contributed by atoms with Crippen LogP contribution in [0.2, 0.25) is 0 Å². The summed E-state index contributed by atoms with van der Waals surface area (Å²) >= 11 is 0. The number of nitrogens with one attached hydrogen (secondary N) is 1. The van der Waals surface area contributed by atoms with Crippen molar-refractivity contribution in [3.05, 3.63) is 78.6 Å². The molecule has 1 N–H and O–H groups in total. The van der Waals surface area contributed by atoms with Crippen molar-refractivity contribution in [3.63, 3.8) is 0 Å². The molecule has 0 saturated carbocycles. The Labute approximate surface area is 177 Å². The van der Waals surface area contributed by atoms with E-state index in [0.717, 1.165) is 4.90 Å². The average molecular weight is 411 g/mol. The maximum atomic E-state index is 13.3. The van der Waals surface area contributed by atoms with E-state index in [1.54, 1.807) is 48.7 Å². The molecule has 1 aliphatic heterocycles. The van der Waals surface area contributed by atoms with Gasteiger partial charge in [0.25, 0.3) is 5.91 Å². The Morgan fingerprint density at radius 2 is 1.68 bits per heavy atom. The predicted octanol–water partition coefficient (Wildman–Crippen LogP) is 4.40. The van der Waals surface area contributed by atoms with Gasteiger partial charge in [0.2, 0.25) is 11.8 Å². The van der Waals surface area contributed by atoms with E-state index in [1.165, 1.54) is 0 Å². The summed E-state index contributed by atoms with van der Waals surface area (Å²) in [7, 11) is 0. The van der Waals surface area contributed by atoms with Gasteiger partial charge in [0, 0.05) is 18.2 Å². The Morgan fingerprint density at radius 1 is 0.935 bits per heavy atom. The second-order valence-corrected chi connectivity index (χ2v) is 7.14. The van der Waals surface area contributed by atoms with E-state index in [2.05, 4.69) is 10.3 Å². The van der Waals surface area contributed by atoms with Crippen LogP contribution in [-0.2, 0) is 9.59 Å². The van der Waals surface area contributed by atoms with Crippen LogP contribution >= 0.6 is 0 Å². The van der Waals surface area contributed by atoms with Crippen molar-refractivity contribution in [3.8, 4) is 11.5 Å². The molecule has 0 atom stereocenters. The van der Waals surface area contributed by atoms with Crippen LogP contribution in [0.5, 0.6) is 0 Å². The predicted molar refractivity (Wildman–Crippen MR) is 116 cm³/mol. The highest BCUT2D eigenvalue weighted by molar-refractivity contribution is 6.22. The number of benzene rings is 2. The van der Waals surface area contributed by atoms with Crippen molar-refractivity contribution in [1.82, 2.24) is 4.98 Å². The van der Waals surface area contributed by atoms with E-state index in [1.807, 2.05) is 24.3 Å². The number of aromatic nitrogens is 1. The summed E-state index contributed by atoms with van der Waals surface area (Å²) < 4.78 is 5.46. The lowest BCUT2D eigenvalue weighted by molar-refractivity contribution is -0.121. The number of hydrogen-bond donors (Lipinski definition) is 1. The van der Waals surface area contributed by atoms with E-state index < -0.39 is 0 Å². The topological polar surface area (TPSA) is 92.5 Å². The molecular weight excluding hydrogens is 394 g/mol. The molecule has 0 bridgehead atoms. The number of amides is 3. The van der Waals surface area contributed by atoms with E-state index in [-0.39, 0.29) is 30.6 Å². The Balaban J connectivity index is 1.57. The van der Waals surface area contributed by atoms with Crippen molar-refractivity contribution >= 4 is 40.0 Å². The lowest BCUT2D eigenvalue weighted by atomic mass is 10.1. The molecule has 0 unspecified atom stereocenters. The molecule has 1 fully saturated rings. The minimum atomic E-state index is -0.377. The quantitative estimate of drug-likeness (QED) is 0.503. The van der Waals surface area contributed by atoms with Gasteiger partial charge in [-0.15, -0.1) is 0 Å². The van der Waals surface area contributed by atoms with Crippen LogP contribution in [0.4, 0.5) is 11.4 Å². The fraction of sp³-hybridized carbons (Fsp3) is 0.0833. The molecule has 1 aliphatic rings. The van der Waals surface area contributed by atoms with Crippen molar-refractivity contribution in [1.29, 1.82) is 0 Å². The van der Waals surface area contributed by atoms with Crippen molar-refractivity contribution in [2.45, 2.75) is 12.8 Å². The maximum absolute atomic E-state index is 13.3. The summed E-state index contributed by atoms with van der Waals surface area (Å²) in [4.78, 5) is 43.5. The molecule has 0 spiro atoms. The number of furan rings is 1. The summed E-state index contributed by atoms with van der Waals surface area (Å²) in [5.74, 6) is -0.381. The highest BCUT2D eigenvalue weighted by atomic mass is 16.3. The molecule has 7 nitrogen and oxygen atoms in total. The Morgan fingerprint density at radius 3 is 2.45 bits per heavy atom. The Bertz CT molecular complexity index is 1310. The second-order valence-electron chi connectivity index (χ2n) is 7.14. The van der Waals surface area contributed by atoms with Crippen LogP contribution in [0, 0.1) is 0 Å². The highest BCUT2D eigenvalue weighted by Crippen LogP contribution is 2.31. The number of rotatable bonds is 4. The number of carbonyl (C=O) groups is 3. The van der Waals surface area contributed by atoms with E-state index in [0.29, 0.717) is 39.3 Å². The molecule has 3 heterocycles. The van der Waals surface area contributed by atoms with Crippen LogP contribution in [0.3, 0.4) is 0 Å². The van der Waals surface area contributed by atoms with Gasteiger partial charge in [0.15, 0.2) is 5.76 Å². The van der Waals surface area contributed by atoms with Gasteiger partial charge < -0.3 is 9.73 Å². The smallest absolute Gasteiger partial charge is 0.256 e. The van der Waals surface area contributed by atoms with Gasteiger partial charge in [-0.1, -0.05) is 30.3 Å². The SMILES string of the molecule is O=C(Nc1ccccc1N1C(=O)CCC1=O)c1cc(-c2ccco2)nc2ccccc12. The summed E-state index contributed by atoms with van der Waals surface area (Å²) in [6, 6.07) is 19.3. The summed E-state index contributed by atoms with van der Waals surface area (Å²) in [5, 5.41) is 3.55. The lowest BCUT2D eigenvalue weighted by Crippen LogP contribution is -2.29. The molecule has 3 amide bonds. The highest BCUT2D eigenvalue weighted by Gasteiger charge is 2.32. The van der Waals surface area contributed by atoms with Crippen LogP contribution < -0.4 is 10.2 Å². The normalized spacial score (nSPS) is 13.7. The van der Waals surface area contributed by atoms with Crippen molar-refractivity contribution in [2.24, 2.45) is 0 Å². The van der Waals surface area contributed by atoms with Gasteiger partial charge in [-0.05, 0) is 36.4 Å². The van der Waals surface area contributed by atoms with Gasteiger partial charge in [-0.25, -0.2) is 9.88 Å². The van der Waals surface area contributed by atoms with Crippen LogP contribution in [0.1, 0.15) is 23.2 Å². The number of anilines is 2. The van der Waals surface area contributed by atoms with Crippen LogP contribution in [-0.4, -0.2) is 22.7 Å². The third-order valence-corrected chi connectivity index (χ3v) is 5.18. The first-order valence-corrected chi connectivity index (χ1v) is 9.81. The fourth-order valence-corrected chi connectivity index (χ4v) is 3.72. The third kappa shape index (κ3) is 3.36. The first kappa shape index (κ1) is 18.7. The van der Waals surface area contributed by atoms with E-state index in [4.69, 9.17) is 4.42 Å². The molecule has 5 rings (SSSR count). The second kappa shape index (κ2) is 7.53. The maximum Gasteiger partial charge on any atom is 0.256 e. The van der Waals surface area contributed by atoms with Gasteiger partial charge in [-0.2, -0.15) is 0 Å². The van der Waals surface area contributed by atoms with Gasteiger partial charge in [0.1, 0.15) is 5.69 Å². The molecule has 0 aliphatic carbocycles. The van der Waals surface area contributed by atoms with E-state index in [9.17, 15) is 14.4 Å². The number of fused-ring (bicyclic) bond motifs is 1. The van der Waals surface area contributed by atoms with Gasteiger partial charge in [-0.3, -0.25) is 14.4 Å². The average Bonchev–Trinajstić information content (AvgIpc) is 3.44. The molecule has 31 heavy (non-hydrogen) atoms.